The third-order valence-electron chi connectivity index (χ3n) is 3.44. The van der Waals surface area contributed by atoms with Gasteiger partial charge in [0.1, 0.15) is 0 Å². The summed E-state index contributed by atoms with van der Waals surface area (Å²) in [4.78, 5) is 12.0. The third kappa shape index (κ3) is 6.70. The second-order valence-electron chi connectivity index (χ2n) is 5.40. The van der Waals surface area contributed by atoms with Crippen LogP contribution in [0.5, 0.6) is 11.5 Å². The number of hydrogen-bond donors (Lipinski definition) is 1. The summed E-state index contributed by atoms with van der Waals surface area (Å²) in [5, 5.41) is 2.95. The van der Waals surface area contributed by atoms with Crippen LogP contribution < -0.4 is 14.8 Å². The highest BCUT2D eigenvalue weighted by atomic mass is 32.2. The SMILES string of the molecule is CCOc1ccc(CNC(=O)CSCc2ccccc2)cc1OCC. The quantitative estimate of drug-likeness (QED) is 0.696. The van der Waals surface area contributed by atoms with Gasteiger partial charge in [0.2, 0.25) is 5.91 Å². The summed E-state index contributed by atoms with van der Waals surface area (Å²) in [5.74, 6) is 2.77. The van der Waals surface area contributed by atoms with E-state index in [0.29, 0.717) is 25.5 Å². The average molecular weight is 359 g/mol. The molecule has 0 aliphatic rings. The Hall–Kier alpha value is -2.14. The number of benzene rings is 2. The molecular formula is C20H25NO3S. The number of thioether (sulfide) groups is 1. The predicted octanol–water partition coefficient (Wildman–Crippen LogP) is 4.03. The van der Waals surface area contributed by atoms with E-state index in [1.807, 2.05) is 50.2 Å². The molecule has 1 amide bonds. The van der Waals surface area contributed by atoms with Crippen LogP contribution in [0.2, 0.25) is 0 Å². The van der Waals surface area contributed by atoms with Crippen LogP contribution in [-0.2, 0) is 17.1 Å². The predicted molar refractivity (Wildman–Crippen MR) is 103 cm³/mol. The van der Waals surface area contributed by atoms with E-state index in [9.17, 15) is 4.79 Å². The van der Waals surface area contributed by atoms with Crippen LogP contribution in [0.4, 0.5) is 0 Å². The molecule has 4 nitrogen and oxygen atoms in total. The van der Waals surface area contributed by atoms with Crippen LogP contribution in [0.3, 0.4) is 0 Å². The topological polar surface area (TPSA) is 47.6 Å². The van der Waals surface area contributed by atoms with Crippen LogP contribution >= 0.6 is 11.8 Å². The number of carbonyl (C=O) groups excluding carboxylic acids is 1. The second-order valence-corrected chi connectivity index (χ2v) is 6.39. The number of amides is 1. The summed E-state index contributed by atoms with van der Waals surface area (Å²) in [6.07, 6.45) is 0. The Bertz CT molecular complexity index is 661. The number of nitrogens with one attached hydrogen (secondary N) is 1. The second kappa shape index (κ2) is 10.7. The Morgan fingerprint density at radius 2 is 1.68 bits per heavy atom. The van der Waals surface area contributed by atoms with Gasteiger partial charge < -0.3 is 14.8 Å². The molecule has 0 radical (unpaired) electrons. The normalized spacial score (nSPS) is 10.3. The highest BCUT2D eigenvalue weighted by molar-refractivity contribution is 7.99. The first-order valence-electron chi connectivity index (χ1n) is 8.49. The Balaban J connectivity index is 1.79. The average Bonchev–Trinajstić information content (AvgIpc) is 2.63. The number of rotatable bonds is 10. The minimum Gasteiger partial charge on any atom is -0.490 e. The lowest BCUT2D eigenvalue weighted by Gasteiger charge is -2.13. The maximum atomic E-state index is 12.0. The number of carbonyl (C=O) groups is 1. The molecule has 134 valence electrons. The van der Waals surface area contributed by atoms with Gasteiger partial charge in [-0.2, -0.15) is 0 Å². The maximum Gasteiger partial charge on any atom is 0.230 e. The standard InChI is InChI=1S/C20H25NO3S/c1-3-23-18-11-10-17(12-19(18)24-4-2)13-21-20(22)15-25-14-16-8-6-5-7-9-16/h5-12H,3-4,13-15H2,1-2H3,(H,21,22). The first-order valence-corrected chi connectivity index (χ1v) is 9.65. The Labute approximate surface area is 153 Å². The van der Waals surface area contributed by atoms with Gasteiger partial charge in [-0.05, 0) is 37.1 Å². The summed E-state index contributed by atoms with van der Waals surface area (Å²) < 4.78 is 11.2. The molecule has 0 saturated carbocycles. The molecule has 0 aromatic heterocycles. The van der Waals surface area contributed by atoms with Crippen molar-refractivity contribution >= 4 is 17.7 Å². The van der Waals surface area contributed by atoms with Crippen molar-refractivity contribution in [2.75, 3.05) is 19.0 Å². The molecule has 2 aromatic carbocycles. The van der Waals surface area contributed by atoms with E-state index < -0.39 is 0 Å². The fourth-order valence-electron chi connectivity index (χ4n) is 2.29. The van der Waals surface area contributed by atoms with Crippen LogP contribution in [-0.4, -0.2) is 24.9 Å². The van der Waals surface area contributed by atoms with Gasteiger partial charge in [0.05, 0.1) is 19.0 Å². The summed E-state index contributed by atoms with van der Waals surface area (Å²) in [6, 6.07) is 15.9. The summed E-state index contributed by atoms with van der Waals surface area (Å²) >= 11 is 1.61. The molecule has 0 atom stereocenters. The minimum atomic E-state index is 0.0350. The molecular weight excluding hydrogens is 334 g/mol. The Kier molecular flexibility index (Phi) is 8.19. The first kappa shape index (κ1) is 19.2. The smallest absolute Gasteiger partial charge is 0.230 e. The number of hydrogen-bond acceptors (Lipinski definition) is 4. The summed E-state index contributed by atoms with van der Waals surface area (Å²) in [6.45, 7) is 5.53. The number of ether oxygens (including phenoxy) is 2. The molecule has 2 aromatic rings. The molecule has 5 heteroatoms. The van der Waals surface area contributed by atoms with E-state index in [-0.39, 0.29) is 5.91 Å². The fourth-order valence-corrected chi connectivity index (χ4v) is 3.11. The van der Waals surface area contributed by atoms with Crippen molar-refractivity contribution in [1.29, 1.82) is 0 Å². The molecule has 0 fully saturated rings. The molecule has 2 rings (SSSR count). The van der Waals surface area contributed by atoms with Gasteiger partial charge in [0.25, 0.3) is 0 Å². The van der Waals surface area contributed by atoms with Gasteiger partial charge in [0, 0.05) is 12.3 Å². The molecule has 0 bridgehead atoms. The van der Waals surface area contributed by atoms with Gasteiger partial charge in [-0.3, -0.25) is 4.79 Å². The summed E-state index contributed by atoms with van der Waals surface area (Å²) in [7, 11) is 0. The van der Waals surface area contributed by atoms with Crippen molar-refractivity contribution in [2.45, 2.75) is 26.1 Å². The van der Waals surface area contributed by atoms with E-state index in [1.165, 1.54) is 5.56 Å². The summed E-state index contributed by atoms with van der Waals surface area (Å²) in [5.41, 5.74) is 2.22. The van der Waals surface area contributed by atoms with E-state index in [0.717, 1.165) is 22.8 Å². The highest BCUT2D eigenvalue weighted by Gasteiger charge is 2.07. The third-order valence-corrected chi connectivity index (χ3v) is 4.45. The minimum absolute atomic E-state index is 0.0350. The van der Waals surface area contributed by atoms with Crippen molar-refractivity contribution in [1.82, 2.24) is 5.32 Å². The molecule has 0 spiro atoms. The van der Waals surface area contributed by atoms with Crippen molar-refractivity contribution in [3.8, 4) is 11.5 Å². The molecule has 25 heavy (non-hydrogen) atoms. The van der Waals surface area contributed by atoms with Gasteiger partial charge >= 0.3 is 0 Å². The highest BCUT2D eigenvalue weighted by Crippen LogP contribution is 2.28. The molecule has 1 N–H and O–H groups in total. The molecule has 0 aliphatic heterocycles. The van der Waals surface area contributed by atoms with E-state index in [2.05, 4.69) is 17.4 Å². The Morgan fingerprint density at radius 1 is 0.960 bits per heavy atom. The largest absolute Gasteiger partial charge is 0.490 e. The van der Waals surface area contributed by atoms with Crippen LogP contribution in [0.25, 0.3) is 0 Å². The Morgan fingerprint density at radius 3 is 2.40 bits per heavy atom. The monoisotopic (exact) mass is 359 g/mol. The zero-order valence-electron chi connectivity index (χ0n) is 14.8. The van der Waals surface area contributed by atoms with Gasteiger partial charge in [-0.25, -0.2) is 0 Å². The van der Waals surface area contributed by atoms with Crippen molar-refractivity contribution in [2.24, 2.45) is 0 Å². The molecule has 0 heterocycles. The lowest BCUT2D eigenvalue weighted by atomic mass is 10.2. The lowest BCUT2D eigenvalue weighted by molar-refractivity contribution is -0.118. The van der Waals surface area contributed by atoms with Crippen molar-refractivity contribution < 1.29 is 14.3 Å². The van der Waals surface area contributed by atoms with Crippen molar-refractivity contribution in [3.05, 3.63) is 59.7 Å². The van der Waals surface area contributed by atoms with Gasteiger partial charge in [-0.15, -0.1) is 11.8 Å². The first-order chi connectivity index (χ1) is 12.2. The van der Waals surface area contributed by atoms with Crippen LogP contribution in [0, 0.1) is 0 Å². The zero-order valence-corrected chi connectivity index (χ0v) is 15.6. The zero-order chi connectivity index (χ0) is 17.9. The maximum absolute atomic E-state index is 12.0. The molecule has 0 unspecified atom stereocenters. The fraction of sp³-hybridized carbons (Fsp3) is 0.350. The molecule has 0 aliphatic carbocycles. The van der Waals surface area contributed by atoms with Crippen molar-refractivity contribution in [3.63, 3.8) is 0 Å². The lowest BCUT2D eigenvalue weighted by Crippen LogP contribution is -2.24. The molecule has 0 saturated heterocycles. The van der Waals surface area contributed by atoms with Gasteiger partial charge in [-0.1, -0.05) is 36.4 Å². The van der Waals surface area contributed by atoms with E-state index in [1.54, 1.807) is 11.8 Å². The van der Waals surface area contributed by atoms with Crippen LogP contribution in [0.15, 0.2) is 48.5 Å². The van der Waals surface area contributed by atoms with Gasteiger partial charge in [0.15, 0.2) is 11.5 Å². The van der Waals surface area contributed by atoms with Crippen LogP contribution in [0.1, 0.15) is 25.0 Å². The van der Waals surface area contributed by atoms with E-state index in [4.69, 9.17) is 9.47 Å². The van der Waals surface area contributed by atoms with E-state index >= 15 is 0 Å².